The van der Waals surface area contributed by atoms with Gasteiger partial charge in [-0.25, -0.2) is 4.98 Å². The summed E-state index contributed by atoms with van der Waals surface area (Å²) in [5.41, 5.74) is 2.18. The maximum atomic E-state index is 12.4. The van der Waals surface area contributed by atoms with Gasteiger partial charge in [0.1, 0.15) is 4.88 Å². The summed E-state index contributed by atoms with van der Waals surface area (Å²) in [6.07, 6.45) is 4.24. The molecule has 1 aromatic carbocycles. The number of nitrogens with one attached hydrogen (secondary N) is 1. The molecule has 0 aliphatic carbocycles. The minimum atomic E-state index is 0.0339. The maximum absolute atomic E-state index is 12.4. The highest BCUT2D eigenvalue weighted by molar-refractivity contribution is 7.13. The first kappa shape index (κ1) is 20.8. The number of hydrogen-bond donors (Lipinski definition) is 1. The molecule has 1 aromatic heterocycles. The number of thiazole rings is 1. The highest BCUT2D eigenvalue weighted by Crippen LogP contribution is 2.20. The van der Waals surface area contributed by atoms with E-state index in [2.05, 4.69) is 57.4 Å². The summed E-state index contributed by atoms with van der Waals surface area (Å²) >= 11 is 1.55. The molecule has 6 heteroatoms. The largest absolute Gasteiger partial charge is 0.369 e. The zero-order chi connectivity index (χ0) is 19.8. The first-order valence-electron chi connectivity index (χ1n) is 10.4. The SMILES string of the molecule is CCCCc1nc(C)c(C(=O)NCCCN2CCN(c3ccccc3)CC2)s1. The molecule has 0 spiro atoms. The number of carbonyl (C=O) groups is 1. The van der Waals surface area contributed by atoms with Gasteiger partial charge in [0.05, 0.1) is 10.7 Å². The van der Waals surface area contributed by atoms with Crippen molar-refractivity contribution in [1.82, 2.24) is 15.2 Å². The third kappa shape index (κ3) is 5.79. The normalized spacial score (nSPS) is 15.0. The predicted octanol–water partition coefficient (Wildman–Crippen LogP) is 3.74. The molecule has 1 amide bonds. The number of carbonyl (C=O) groups excluding carboxylic acids is 1. The van der Waals surface area contributed by atoms with Gasteiger partial charge in [-0.15, -0.1) is 11.3 Å². The predicted molar refractivity (Wildman–Crippen MR) is 118 cm³/mol. The zero-order valence-electron chi connectivity index (χ0n) is 17.1. The van der Waals surface area contributed by atoms with Gasteiger partial charge in [-0.3, -0.25) is 9.69 Å². The van der Waals surface area contributed by atoms with Crippen LogP contribution in [-0.2, 0) is 6.42 Å². The molecule has 0 radical (unpaired) electrons. The molecule has 28 heavy (non-hydrogen) atoms. The van der Waals surface area contributed by atoms with E-state index in [4.69, 9.17) is 0 Å². The van der Waals surface area contributed by atoms with Crippen molar-refractivity contribution in [2.45, 2.75) is 39.5 Å². The molecule has 1 saturated heterocycles. The molecular weight excluding hydrogens is 368 g/mol. The summed E-state index contributed by atoms with van der Waals surface area (Å²) in [6.45, 7) is 10.2. The first-order valence-corrected chi connectivity index (χ1v) is 11.3. The van der Waals surface area contributed by atoms with Gasteiger partial charge in [0.2, 0.25) is 0 Å². The Hall–Kier alpha value is -1.92. The Kier molecular flexibility index (Phi) is 7.86. The third-order valence-electron chi connectivity index (χ3n) is 5.22. The molecule has 1 N–H and O–H groups in total. The second-order valence-corrected chi connectivity index (χ2v) is 8.48. The van der Waals surface area contributed by atoms with Crippen molar-refractivity contribution >= 4 is 22.9 Å². The van der Waals surface area contributed by atoms with Crippen LogP contribution < -0.4 is 10.2 Å². The van der Waals surface area contributed by atoms with Crippen molar-refractivity contribution in [3.63, 3.8) is 0 Å². The quantitative estimate of drug-likeness (QED) is 0.652. The monoisotopic (exact) mass is 400 g/mol. The van der Waals surface area contributed by atoms with Crippen molar-refractivity contribution in [2.24, 2.45) is 0 Å². The standard InChI is InChI=1S/C22H32N4OS/c1-3-4-11-20-24-18(2)21(28-20)22(27)23-12-8-13-25-14-16-26(17-15-25)19-9-6-5-7-10-19/h5-7,9-10H,3-4,8,11-17H2,1-2H3,(H,23,27). The van der Waals surface area contributed by atoms with Gasteiger partial charge in [0.25, 0.3) is 5.91 Å². The lowest BCUT2D eigenvalue weighted by Crippen LogP contribution is -2.47. The lowest BCUT2D eigenvalue weighted by Gasteiger charge is -2.36. The lowest BCUT2D eigenvalue weighted by atomic mass is 10.2. The van der Waals surface area contributed by atoms with E-state index in [0.29, 0.717) is 0 Å². The van der Waals surface area contributed by atoms with Crippen molar-refractivity contribution in [3.05, 3.63) is 45.9 Å². The molecule has 0 bridgehead atoms. The van der Waals surface area contributed by atoms with E-state index in [0.717, 1.165) is 80.5 Å². The van der Waals surface area contributed by atoms with Crippen LogP contribution in [0.1, 0.15) is 46.6 Å². The second kappa shape index (κ2) is 10.6. The fourth-order valence-electron chi connectivity index (χ4n) is 3.55. The second-order valence-electron chi connectivity index (χ2n) is 7.40. The van der Waals surface area contributed by atoms with E-state index in [1.54, 1.807) is 11.3 Å². The number of piperazine rings is 1. The van der Waals surface area contributed by atoms with Gasteiger partial charge in [-0.05, 0) is 44.9 Å². The molecule has 3 rings (SSSR count). The lowest BCUT2D eigenvalue weighted by molar-refractivity contribution is 0.0954. The van der Waals surface area contributed by atoms with E-state index < -0.39 is 0 Å². The number of hydrogen-bond acceptors (Lipinski definition) is 5. The summed E-state index contributed by atoms with van der Waals surface area (Å²) < 4.78 is 0. The van der Waals surface area contributed by atoms with Crippen LogP contribution in [-0.4, -0.2) is 55.1 Å². The van der Waals surface area contributed by atoms with Gasteiger partial charge in [-0.1, -0.05) is 31.5 Å². The summed E-state index contributed by atoms with van der Waals surface area (Å²) in [5.74, 6) is 0.0339. The maximum Gasteiger partial charge on any atom is 0.263 e. The van der Waals surface area contributed by atoms with E-state index in [1.807, 2.05) is 6.92 Å². The van der Waals surface area contributed by atoms with Gasteiger partial charge < -0.3 is 10.2 Å². The van der Waals surface area contributed by atoms with Crippen LogP contribution in [0, 0.1) is 6.92 Å². The highest BCUT2D eigenvalue weighted by Gasteiger charge is 2.17. The average Bonchev–Trinajstić information content (AvgIpc) is 3.11. The molecule has 0 saturated carbocycles. The molecule has 2 aromatic rings. The van der Waals surface area contributed by atoms with Crippen molar-refractivity contribution in [1.29, 1.82) is 0 Å². The van der Waals surface area contributed by atoms with Crippen LogP contribution in [0.15, 0.2) is 30.3 Å². The van der Waals surface area contributed by atoms with Crippen molar-refractivity contribution in [3.8, 4) is 0 Å². The number of nitrogens with zero attached hydrogens (tertiary/aromatic N) is 3. The average molecular weight is 401 g/mol. The van der Waals surface area contributed by atoms with Crippen LogP contribution in [0.2, 0.25) is 0 Å². The fraction of sp³-hybridized carbons (Fsp3) is 0.545. The minimum Gasteiger partial charge on any atom is -0.369 e. The molecule has 5 nitrogen and oxygen atoms in total. The smallest absolute Gasteiger partial charge is 0.263 e. The Morgan fingerprint density at radius 3 is 2.61 bits per heavy atom. The molecular formula is C22H32N4OS. The van der Waals surface area contributed by atoms with Crippen LogP contribution in [0.4, 0.5) is 5.69 Å². The van der Waals surface area contributed by atoms with Gasteiger partial charge in [0.15, 0.2) is 0 Å². The van der Waals surface area contributed by atoms with Crippen LogP contribution in [0.25, 0.3) is 0 Å². The van der Waals surface area contributed by atoms with Crippen LogP contribution in [0.3, 0.4) is 0 Å². The minimum absolute atomic E-state index is 0.0339. The molecule has 152 valence electrons. The molecule has 0 unspecified atom stereocenters. The molecule has 1 aliphatic heterocycles. The number of unbranched alkanes of at least 4 members (excludes halogenated alkanes) is 1. The molecule has 0 atom stereocenters. The van der Waals surface area contributed by atoms with Gasteiger partial charge in [-0.2, -0.15) is 0 Å². The third-order valence-corrected chi connectivity index (χ3v) is 6.44. The number of anilines is 1. The number of benzene rings is 1. The highest BCUT2D eigenvalue weighted by atomic mass is 32.1. The van der Waals surface area contributed by atoms with E-state index in [1.165, 1.54) is 5.69 Å². The Labute approximate surface area is 172 Å². The summed E-state index contributed by atoms with van der Waals surface area (Å²) in [4.78, 5) is 22.7. The number of rotatable bonds is 9. The Bertz CT molecular complexity index is 738. The van der Waals surface area contributed by atoms with E-state index in [9.17, 15) is 4.79 Å². The van der Waals surface area contributed by atoms with Gasteiger partial charge >= 0.3 is 0 Å². The topological polar surface area (TPSA) is 48.5 Å². The summed E-state index contributed by atoms with van der Waals surface area (Å²) in [7, 11) is 0. The van der Waals surface area contributed by atoms with E-state index in [-0.39, 0.29) is 5.91 Å². The zero-order valence-corrected chi connectivity index (χ0v) is 17.9. The van der Waals surface area contributed by atoms with Crippen molar-refractivity contribution in [2.75, 3.05) is 44.2 Å². The Balaban J connectivity index is 1.35. The molecule has 1 fully saturated rings. The Morgan fingerprint density at radius 1 is 1.14 bits per heavy atom. The number of amides is 1. The van der Waals surface area contributed by atoms with Crippen molar-refractivity contribution < 1.29 is 4.79 Å². The van der Waals surface area contributed by atoms with Crippen LogP contribution >= 0.6 is 11.3 Å². The van der Waals surface area contributed by atoms with Crippen LogP contribution in [0.5, 0.6) is 0 Å². The molecule has 1 aliphatic rings. The summed E-state index contributed by atoms with van der Waals surface area (Å²) in [6, 6.07) is 10.6. The number of aromatic nitrogens is 1. The fourth-order valence-corrected chi connectivity index (χ4v) is 4.57. The summed E-state index contributed by atoms with van der Waals surface area (Å²) in [5, 5.41) is 4.16. The molecule has 2 heterocycles. The number of aryl methyl sites for hydroxylation is 2. The van der Waals surface area contributed by atoms with E-state index >= 15 is 0 Å². The van der Waals surface area contributed by atoms with Gasteiger partial charge in [0, 0.05) is 38.4 Å². The Morgan fingerprint density at radius 2 is 1.89 bits per heavy atom. The first-order chi connectivity index (χ1) is 13.7. The number of para-hydroxylation sites is 1.